The molecular weight excluding hydrogens is 236 g/mol. The Bertz CT molecular complexity index is 605. The summed E-state index contributed by atoms with van der Waals surface area (Å²) in [7, 11) is 0. The lowest BCUT2D eigenvalue weighted by Crippen LogP contribution is -2.11. The van der Waals surface area contributed by atoms with E-state index in [1.165, 1.54) is 5.56 Å². The van der Waals surface area contributed by atoms with E-state index < -0.39 is 0 Å². The highest BCUT2D eigenvalue weighted by molar-refractivity contribution is 5.95. The highest BCUT2D eigenvalue weighted by Crippen LogP contribution is 2.21. The summed E-state index contributed by atoms with van der Waals surface area (Å²) < 4.78 is 5.83. The Hall–Kier alpha value is -2.29. The van der Waals surface area contributed by atoms with Gasteiger partial charge in [0.15, 0.2) is 0 Å². The smallest absolute Gasteiger partial charge is 0.122 e. The zero-order valence-corrected chi connectivity index (χ0v) is 11.2. The van der Waals surface area contributed by atoms with Crippen LogP contribution < -0.4 is 10.5 Å². The van der Waals surface area contributed by atoms with E-state index in [4.69, 9.17) is 15.9 Å². The number of nitrogen functional groups attached to an aromatic ring is 1. The van der Waals surface area contributed by atoms with Gasteiger partial charge in [0.1, 0.15) is 18.2 Å². The Labute approximate surface area is 113 Å². The predicted octanol–water partition coefficient (Wildman–Crippen LogP) is 3.17. The van der Waals surface area contributed by atoms with Crippen molar-refractivity contribution in [2.24, 2.45) is 5.73 Å². The fourth-order valence-corrected chi connectivity index (χ4v) is 1.87. The Morgan fingerprint density at radius 1 is 1.16 bits per heavy atom. The molecule has 0 saturated carbocycles. The van der Waals surface area contributed by atoms with E-state index in [0.717, 1.165) is 22.4 Å². The first kappa shape index (κ1) is 13.1. The summed E-state index contributed by atoms with van der Waals surface area (Å²) in [5, 5.41) is 7.43. The van der Waals surface area contributed by atoms with Crippen molar-refractivity contribution in [1.82, 2.24) is 0 Å². The van der Waals surface area contributed by atoms with E-state index in [1.807, 2.05) is 36.4 Å². The molecule has 0 aliphatic rings. The van der Waals surface area contributed by atoms with Crippen LogP contribution in [0.4, 0.5) is 0 Å². The Balaban J connectivity index is 2.12. The fraction of sp³-hybridized carbons (Fsp3) is 0.188. The van der Waals surface area contributed by atoms with Crippen molar-refractivity contribution in [1.29, 1.82) is 5.41 Å². The summed E-state index contributed by atoms with van der Waals surface area (Å²) >= 11 is 0. The number of hydrogen-bond donors (Lipinski definition) is 2. The molecule has 0 spiro atoms. The second-order valence-corrected chi connectivity index (χ2v) is 4.60. The number of nitrogens with two attached hydrogens (primary N) is 1. The summed E-state index contributed by atoms with van der Waals surface area (Å²) in [5.74, 6) is 0.974. The van der Waals surface area contributed by atoms with Crippen molar-refractivity contribution in [3.63, 3.8) is 0 Å². The van der Waals surface area contributed by atoms with Crippen LogP contribution >= 0.6 is 0 Å². The SMILES string of the molecule is Cc1cccc(OCc2cccc(C(=N)N)c2)c1C. The van der Waals surface area contributed by atoms with Gasteiger partial charge in [-0.2, -0.15) is 0 Å². The molecule has 0 aliphatic carbocycles. The van der Waals surface area contributed by atoms with Gasteiger partial charge in [-0.3, -0.25) is 5.41 Å². The topological polar surface area (TPSA) is 59.1 Å². The third-order valence-corrected chi connectivity index (χ3v) is 3.19. The number of rotatable bonds is 4. The van der Waals surface area contributed by atoms with Crippen LogP contribution in [0.3, 0.4) is 0 Å². The lowest BCUT2D eigenvalue weighted by atomic mass is 10.1. The summed E-state index contributed by atoms with van der Waals surface area (Å²) in [4.78, 5) is 0. The summed E-state index contributed by atoms with van der Waals surface area (Å²) in [6, 6.07) is 13.6. The van der Waals surface area contributed by atoms with Gasteiger partial charge in [0.05, 0.1) is 0 Å². The molecule has 2 aromatic carbocycles. The van der Waals surface area contributed by atoms with E-state index in [0.29, 0.717) is 6.61 Å². The second-order valence-electron chi connectivity index (χ2n) is 4.60. The molecule has 2 rings (SSSR count). The minimum atomic E-state index is 0.0774. The molecule has 3 N–H and O–H groups in total. The molecule has 0 aromatic heterocycles. The average Bonchev–Trinajstić information content (AvgIpc) is 2.41. The number of hydrogen-bond acceptors (Lipinski definition) is 2. The molecule has 0 atom stereocenters. The van der Waals surface area contributed by atoms with Crippen molar-refractivity contribution in [3.05, 3.63) is 64.7 Å². The van der Waals surface area contributed by atoms with E-state index in [1.54, 1.807) is 0 Å². The van der Waals surface area contributed by atoms with Gasteiger partial charge in [-0.25, -0.2) is 0 Å². The molecule has 0 fully saturated rings. The Morgan fingerprint density at radius 3 is 2.63 bits per heavy atom. The number of benzene rings is 2. The van der Waals surface area contributed by atoms with E-state index in [2.05, 4.69) is 19.9 Å². The average molecular weight is 254 g/mol. The van der Waals surface area contributed by atoms with Gasteiger partial charge in [-0.05, 0) is 42.7 Å². The highest BCUT2D eigenvalue weighted by atomic mass is 16.5. The van der Waals surface area contributed by atoms with Gasteiger partial charge >= 0.3 is 0 Å². The molecule has 0 unspecified atom stereocenters. The monoisotopic (exact) mass is 254 g/mol. The third-order valence-electron chi connectivity index (χ3n) is 3.19. The van der Waals surface area contributed by atoms with Gasteiger partial charge in [-0.1, -0.05) is 30.3 Å². The quantitative estimate of drug-likeness (QED) is 0.650. The molecule has 3 heteroatoms. The van der Waals surface area contributed by atoms with Crippen molar-refractivity contribution in [3.8, 4) is 5.75 Å². The highest BCUT2D eigenvalue weighted by Gasteiger charge is 2.03. The molecule has 0 saturated heterocycles. The van der Waals surface area contributed by atoms with Crippen molar-refractivity contribution < 1.29 is 4.74 Å². The molecule has 2 aromatic rings. The number of amidine groups is 1. The lowest BCUT2D eigenvalue weighted by Gasteiger charge is -2.11. The first-order valence-electron chi connectivity index (χ1n) is 6.20. The van der Waals surface area contributed by atoms with Crippen LogP contribution in [0.5, 0.6) is 5.75 Å². The van der Waals surface area contributed by atoms with Gasteiger partial charge < -0.3 is 10.5 Å². The van der Waals surface area contributed by atoms with Crippen LogP contribution in [0.15, 0.2) is 42.5 Å². The van der Waals surface area contributed by atoms with Gasteiger partial charge in [0.2, 0.25) is 0 Å². The maximum Gasteiger partial charge on any atom is 0.122 e. The van der Waals surface area contributed by atoms with Crippen LogP contribution in [0, 0.1) is 19.3 Å². The van der Waals surface area contributed by atoms with E-state index in [-0.39, 0.29) is 5.84 Å². The van der Waals surface area contributed by atoms with Crippen molar-refractivity contribution >= 4 is 5.84 Å². The molecule has 0 bridgehead atoms. The number of nitrogens with one attached hydrogen (secondary N) is 1. The minimum Gasteiger partial charge on any atom is -0.489 e. The lowest BCUT2D eigenvalue weighted by molar-refractivity contribution is 0.304. The maximum absolute atomic E-state index is 7.43. The van der Waals surface area contributed by atoms with Crippen molar-refractivity contribution in [2.45, 2.75) is 20.5 Å². The third kappa shape index (κ3) is 3.13. The normalized spacial score (nSPS) is 10.2. The maximum atomic E-state index is 7.43. The molecular formula is C16H18N2O. The van der Waals surface area contributed by atoms with Crippen LogP contribution in [0.25, 0.3) is 0 Å². The number of ether oxygens (including phenoxy) is 1. The molecule has 0 radical (unpaired) electrons. The van der Waals surface area contributed by atoms with Crippen LogP contribution in [0.2, 0.25) is 0 Å². The zero-order chi connectivity index (χ0) is 13.8. The largest absolute Gasteiger partial charge is 0.489 e. The van der Waals surface area contributed by atoms with Gasteiger partial charge in [0, 0.05) is 5.56 Å². The minimum absolute atomic E-state index is 0.0774. The number of aryl methyl sites for hydroxylation is 1. The second kappa shape index (κ2) is 5.57. The molecule has 98 valence electrons. The first-order chi connectivity index (χ1) is 9.08. The van der Waals surface area contributed by atoms with Gasteiger partial charge in [-0.15, -0.1) is 0 Å². The summed E-state index contributed by atoms with van der Waals surface area (Å²) in [5.41, 5.74) is 9.58. The molecule has 0 amide bonds. The van der Waals surface area contributed by atoms with E-state index in [9.17, 15) is 0 Å². The summed E-state index contributed by atoms with van der Waals surface area (Å²) in [6.45, 7) is 4.60. The molecule has 19 heavy (non-hydrogen) atoms. The van der Waals surface area contributed by atoms with E-state index >= 15 is 0 Å². The summed E-state index contributed by atoms with van der Waals surface area (Å²) in [6.07, 6.45) is 0. The zero-order valence-electron chi connectivity index (χ0n) is 11.2. The standard InChI is InChI=1S/C16H18N2O/c1-11-5-3-8-15(12(11)2)19-10-13-6-4-7-14(9-13)16(17)18/h3-9H,10H2,1-2H3,(H3,17,18). The van der Waals surface area contributed by atoms with Gasteiger partial charge in [0.25, 0.3) is 0 Å². The van der Waals surface area contributed by atoms with Crippen LogP contribution in [-0.2, 0) is 6.61 Å². The molecule has 3 nitrogen and oxygen atoms in total. The molecule has 0 aliphatic heterocycles. The first-order valence-corrected chi connectivity index (χ1v) is 6.20. The predicted molar refractivity (Wildman–Crippen MR) is 77.7 cm³/mol. The molecule has 0 heterocycles. The van der Waals surface area contributed by atoms with Crippen LogP contribution in [-0.4, -0.2) is 5.84 Å². The van der Waals surface area contributed by atoms with Crippen molar-refractivity contribution in [2.75, 3.05) is 0 Å². The Kier molecular flexibility index (Phi) is 3.85. The Morgan fingerprint density at radius 2 is 1.89 bits per heavy atom. The van der Waals surface area contributed by atoms with Crippen LogP contribution in [0.1, 0.15) is 22.3 Å². The fourth-order valence-electron chi connectivity index (χ4n) is 1.87.